The van der Waals surface area contributed by atoms with E-state index < -0.39 is 5.54 Å². The van der Waals surface area contributed by atoms with Crippen LogP contribution in [0.3, 0.4) is 0 Å². The van der Waals surface area contributed by atoms with Gasteiger partial charge in [-0.15, -0.1) is 10.2 Å². The lowest BCUT2D eigenvalue weighted by atomic mass is 9.90. The molecule has 0 bridgehead atoms. The molecule has 1 aromatic heterocycles. The zero-order valence-corrected chi connectivity index (χ0v) is 15.8. The first-order valence-electron chi connectivity index (χ1n) is 7.22. The van der Waals surface area contributed by atoms with Crippen LogP contribution < -0.4 is 5.32 Å². The monoisotopic (exact) mass is 358 g/mol. The standard InChI is InChI=1S/C14H22N4OS3/c1-5-6-7-20-12-17-18-13(22-12)21-8-11(19)16-14(4,9-15)10(2)3/h10H,5-8H2,1-4H3,(H,16,19). The van der Waals surface area contributed by atoms with Gasteiger partial charge in [0, 0.05) is 5.75 Å². The Morgan fingerprint density at radius 2 is 2.05 bits per heavy atom. The third kappa shape index (κ3) is 6.15. The van der Waals surface area contributed by atoms with Crippen LogP contribution >= 0.6 is 34.9 Å². The maximum atomic E-state index is 12.0. The van der Waals surface area contributed by atoms with Gasteiger partial charge >= 0.3 is 0 Å². The van der Waals surface area contributed by atoms with Gasteiger partial charge in [-0.2, -0.15) is 5.26 Å². The number of nitrogens with one attached hydrogen (secondary N) is 1. The number of thioether (sulfide) groups is 2. The van der Waals surface area contributed by atoms with E-state index in [1.54, 1.807) is 18.7 Å². The van der Waals surface area contributed by atoms with E-state index in [-0.39, 0.29) is 17.6 Å². The second kappa shape index (κ2) is 9.38. The molecule has 0 fully saturated rings. The number of carbonyl (C=O) groups excluding carboxylic acids is 1. The largest absolute Gasteiger partial charge is 0.337 e. The molecule has 1 N–H and O–H groups in total. The zero-order chi connectivity index (χ0) is 16.6. The number of aromatic nitrogens is 2. The Kier molecular flexibility index (Phi) is 8.21. The normalized spacial score (nSPS) is 13.6. The van der Waals surface area contributed by atoms with Crippen molar-refractivity contribution in [3.63, 3.8) is 0 Å². The summed E-state index contributed by atoms with van der Waals surface area (Å²) in [4.78, 5) is 12.0. The fourth-order valence-corrected chi connectivity index (χ4v) is 4.35. The van der Waals surface area contributed by atoms with Crippen molar-refractivity contribution in [2.45, 2.75) is 54.8 Å². The molecule has 1 atom stereocenters. The van der Waals surface area contributed by atoms with Gasteiger partial charge in [0.15, 0.2) is 8.68 Å². The summed E-state index contributed by atoms with van der Waals surface area (Å²) in [6.07, 6.45) is 2.33. The first kappa shape index (κ1) is 19.3. The summed E-state index contributed by atoms with van der Waals surface area (Å²) in [5.74, 6) is 1.19. The number of carbonyl (C=O) groups is 1. The SMILES string of the molecule is CCCCSc1nnc(SCC(=O)NC(C)(C#N)C(C)C)s1. The third-order valence-corrected chi connectivity index (χ3v) is 6.50. The first-order valence-corrected chi connectivity index (χ1v) is 10.0. The highest BCUT2D eigenvalue weighted by atomic mass is 32.2. The predicted molar refractivity (Wildman–Crippen MR) is 93.3 cm³/mol. The quantitative estimate of drug-likeness (QED) is 0.537. The Labute approximate surface area is 144 Å². The molecule has 1 unspecified atom stereocenters. The molecular formula is C14H22N4OS3. The minimum atomic E-state index is -0.833. The van der Waals surface area contributed by atoms with Gasteiger partial charge in [0.25, 0.3) is 0 Å². The van der Waals surface area contributed by atoms with Crippen LogP contribution in [-0.4, -0.2) is 33.1 Å². The molecule has 1 rings (SSSR count). The minimum absolute atomic E-state index is 0.0505. The number of nitriles is 1. The molecule has 1 amide bonds. The van der Waals surface area contributed by atoms with E-state index in [2.05, 4.69) is 28.5 Å². The Bertz CT molecular complexity index is 526. The molecule has 5 nitrogen and oxygen atoms in total. The van der Waals surface area contributed by atoms with Crippen LogP contribution in [0.1, 0.15) is 40.5 Å². The Hall–Kier alpha value is -0.780. The number of nitrogens with zero attached hydrogens (tertiary/aromatic N) is 3. The Balaban J connectivity index is 2.43. The van der Waals surface area contributed by atoms with E-state index in [1.165, 1.54) is 29.5 Å². The van der Waals surface area contributed by atoms with Crippen LogP contribution in [0.2, 0.25) is 0 Å². The summed E-state index contributed by atoms with van der Waals surface area (Å²) >= 11 is 4.58. The molecule has 1 heterocycles. The molecule has 0 spiro atoms. The average Bonchev–Trinajstić information content (AvgIpc) is 2.93. The summed E-state index contributed by atoms with van der Waals surface area (Å²) in [5.41, 5.74) is -0.833. The van der Waals surface area contributed by atoms with Crippen molar-refractivity contribution in [2.24, 2.45) is 5.92 Å². The van der Waals surface area contributed by atoms with Crippen molar-refractivity contribution in [1.29, 1.82) is 5.26 Å². The van der Waals surface area contributed by atoms with Crippen LogP contribution in [0.25, 0.3) is 0 Å². The van der Waals surface area contributed by atoms with Crippen LogP contribution in [0.5, 0.6) is 0 Å². The predicted octanol–water partition coefficient (Wildman–Crippen LogP) is 3.58. The molecule has 8 heteroatoms. The van der Waals surface area contributed by atoms with Crippen LogP contribution in [0.15, 0.2) is 8.68 Å². The van der Waals surface area contributed by atoms with E-state index in [0.29, 0.717) is 0 Å². The first-order chi connectivity index (χ1) is 10.4. The highest BCUT2D eigenvalue weighted by Gasteiger charge is 2.29. The lowest BCUT2D eigenvalue weighted by Gasteiger charge is -2.27. The van der Waals surface area contributed by atoms with E-state index in [1.807, 2.05) is 13.8 Å². The van der Waals surface area contributed by atoms with Crippen molar-refractivity contribution in [3.05, 3.63) is 0 Å². The molecule has 0 saturated heterocycles. The molecule has 0 aliphatic rings. The summed E-state index contributed by atoms with van der Waals surface area (Å²) in [7, 11) is 0. The molecule has 0 aliphatic carbocycles. The van der Waals surface area contributed by atoms with Gasteiger partial charge in [-0.25, -0.2) is 0 Å². The number of hydrogen-bond acceptors (Lipinski definition) is 7. The Morgan fingerprint density at radius 3 is 2.59 bits per heavy atom. The van der Waals surface area contributed by atoms with E-state index in [9.17, 15) is 10.1 Å². The summed E-state index contributed by atoms with van der Waals surface area (Å²) in [5, 5.41) is 20.2. The van der Waals surface area contributed by atoms with Crippen molar-refractivity contribution < 1.29 is 4.79 Å². The van der Waals surface area contributed by atoms with Gasteiger partial charge in [0.1, 0.15) is 5.54 Å². The summed E-state index contributed by atoms with van der Waals surface area (Å²) in [6, 6.07) is 2.17. The summed E-state index contributed by atoms with van der Waals surface area (Å²) < 4.78 is 1.73. The van der Waals surface area contributed by atoms with Crippen LogP contribution in [-0.2, 0) is 4.79 Å². The van der Waals surface area contributed by atoms with E-state index >= 15 is 0 Å². The maximum absolute atomic E-state index is 12.0. The lowest BCUT2D eigenvalue weighted by molar-refractivity contribution is -0.120. The molecule has 0 aliphatic heterocycles. The fraction of sp³-hybridized carbons (Fsp3) is 0.714. The van der Waals surface area contributed by atoms with Crippen LogP contribution in [0, 0.1) is 17.2 Å². The molecule has 22 heavy (non-hydrogen) atoms. The van der Waals surface area contributed by atoms with Gasteiger partial charge in [-0.1, -0.05) is 62.1 Å². The lowest BCUT2D eigenvalue weighted by Crippen LogP contribution is -2.49. The maximum Gasteiger partial charge on any atom is 0.231 e. The topological polar surface area (TPSA) is 78.7 Å². The molecule has 1 aromatic rings. The van der Waals surface area contributed by atoms with Gasteiger partial charge in [-0.05, 0) is 19.3 Å². The van der Waals surface area contributed by atoms with Crippen molar-refractivity contribution >= 4 is 40.8 Å². The van der Waals surface area contributed by atoms with Gasteiger partial charge in [0.2, 0.25) is 5.91 Å². The van der Waals surface area contributed by atoms with E-state index in [4.69, 9.17) is 0 Å². The Morgan fingerprint density at radius 1 is 1.41 bits per heavy atom. The van der Waals surface area contributed by atoms with Gasteiger partial charge in [0.05, 0.1) is 11.8 Å². The molecular weight excluding hydrogens is 336 g/mol. The van der Waals surface area contributed by atoms with Crippen molar-refractivity contribution in [1.82, 2.24) is 15.5 Å². The minimum Gasteiger partial charge on any atom is -0.337 e. The van der Waals surface area contributed by atoms with Crippen molar-refractivity contribution in [3.8, 4) is 6.07 Å². The second-order valence-corrected chi connectivity index (χ2v) is 8.88. The van der Waals surface area contributed by atoms with Gasteiger partial charge in [-0.3, -0.25) is 4.79 Å². The third-order valence-electron chi connectivity index (χ3n) is 3.22. The second-order valence-electron chi connectivity index (χ2n) is 5.34. The number of rotatable bonds is 9. The fourth-order valence-electron chi connectivity index (χ4n) is 1.37. The number of unbranched alkanes of at least 4 members (excludes halogenated alkanes) is 1. The highest BCUT2D eigenvalue weighted by Crippen LogP contribution is 2.29. The molecule has 0 aromatic carbocycles. The number of hydrogen-bond donors (Lipinski definition) is 1. The molecule has 0 saturated carbocycles. The highest BCUT2D eigenvalue weighted by molar-refractivity contribution is 8.03. The van der Waals surface area contributed by atoms with Crippen LogP contribution in [0.4, 0.5) is 0 Å². The summed E-state index contributed by atoms with van der Waals surface area (Å²) in [6.45, 7) is 7.74. The number of amides is 1. The van der Waals surface area contributed by atoms with Crippen molar-refractivity contribution in [2.75, 3.05) is 11.5 Å². The molecule has 122 valence electrons. The average molecular weight is 359 g/mol. The zero-order valence-electron chi connectivity index (χ0n) is 13.4. The van der Waals surface area contributed by atoms with E-state index in [0.717, 1.165) is 20.9 Å². The smallest absolute Gasteiger partial charge is 0.231 e. The van der Waals surface area contributed by atoms with Gasteiger partial charge < -0.3 is 5.32 Å². The molecule has 0 radical (unpaired) electrons.